The highest BCUT2D eigenvalue weighted by Crippen LogP contribution is 2.36. The fourth-order valence-electron chi connectivity index (χ4n) is 2.23. The van der Waals surface area contributed by atoms with Crippen LogP contribution in [0.1, 0.15) is 31.4 Å². The molecule has 100 valence electrons. The third-order valence-corrected chi connectivity index (χ3v) is 3.77. The van der Waals surface area contributed by atoms with E-state index in [1.54, 1.807) is 12.1 Å². The van der Waals surface area contributed by atoms with Crippen molar-refractivity contribution >= 4 is 23.2 Å². The zero-order valence-electron chi connectivity index (χ0n) is 10.2. The van der Waals surface area contributed by atoms with E-state index in [2.05, 4.69) is 5.32 Å². The van der Waals surface area contributed by atoms with E-state index < -0.39 is 6.10 Å². The van der Waals surface area contributed by atoms with Gasteiger partial charge in [-0.2, -0.15) is 0 Å². The molecule has 1 heterocycles. The predicted molar refractivity (Wildman–Crippen MR) is 73.6 cm³/mol. The minimum absolute atomic E-state index is 0.0523. The molecule has 2 N–H and O–H groups in total. The second kappa shape index (κ2) is 6.11. The molecule has 5 heteroatoms. The number of hydrogen-bond acceptors (Lipinski definition) is 3. The summed E-state index contributed by atoms with van der Waals surface area (Å²) in [6.07, 6.45) is 1.39. The molecular weight excluding hydrogens is 273 g/mol. The van der Waals surface area contributed by atoms with Crippen LogP contribution in [0.4, 0.5) is 0 Å². The Morgan fingerprint density at radius 2 is 2.22 bits per heavy atom. The van der Waals surface area contributed by atoms with Crippen molar-refractivity contribution in [3.63, 3.8) is 0 Å². The lowest BCUT2D eigenvalue weighted by atomic mass is 10.0. The molecule has 0 aliphatic carbocycles. The second-order valence-corrected chi connectivity index (χ2v) is 5.20. The lowest BCUT2D eigenvalue weighted by Gasteiger charge is -2.20. The van der Waals surface area contributed by atoms with Crippen LogP contribution in [-0.2, 0) is 0 Å². The highest BCUT2D eigenvalue weighted by Gasteiger charge is 2.26. The third kappa shape index (κ3) is 2.91. The van der Waals surface area contributed by atoms with Gasteiger partial charge in [-0.05, 0) is 32.4 Å². The van der Waals surface area contributed by atoms with Crippen molar-refractivity contribution < 1.29 is 9.84 Å². The standard InChI is InChI=1S/C13H17Cl2NO2/c1-2-18-12-7-9(14)8(6-10(12)15)13(17)11-4-3-5-16-11/h6-7,11,13,16-17H,2-5H2,1H3. The molecule has 2 atom stereocenters. The predicted octanol–water partition coefficient (Wildman–Crippen LogP) is 3.18. The fourth-order valence-corrected chi connectivity index (χ4v) is 2.73. The van der Waals surface area contributed by atoms with Crippen molar-refractivity contribution in [2.24, 2.45) is 0 Å². The van der Waals surface area contributed by atoms with E-state index in [9.17, 15) is 5.11 Å². The smallest absolute Gasteiger partial charge is 0.139 e. The molecule has 1 saturated heterocycles. The summed E-state index contributed by atoms with van der Waals surface area (Å²) >= 11 is 12.3. The van der Waals surface area contributed by atoms with Gasteiger partial charge in [0.2, 0.25) is 0 Å². The summed E-state index contributed by atoms with van der Waals surface area (Å²) in [5.41, 5.74) is 0.657. The van der Waals surface area contributed by atoms with Crippen LogP contribution in [0.5, 0.6) is 5.75 Å². The molecule has 0 aromatic heterocycles. The number of nitrogens with one attached hydrogen (secondary N) is 1. The molecule has 18 heavy (non-hydrogen) atoms. The van der Waals surface area contributed by atoms with Crippen molar-refractivity contribution in [3.8, 4) is 5.75 Å². The maximum absolute atomic E-state index is 10.3. The monoisotopic (exact) mass is 289 g/mol. The Balaban J connectivity index is 2.24. The van der Waals surface area contributed by atoms with Crippen molar-refractivity contribution in [1.82, 2.24) is 5.32 Å². The van der Waals surface area contributed by atoms with E-state index >= 15 is 0 Å². The zero-order chi connectivity index (χ0) is 13.1. The number of aliphatic hydroxyl groups excluding tert-OH is 1. The maximum Gasteiger partial charge on any atom is 0.139 e. The number of benzene rings is 1. The van der Waals surface area contributed by atoms with Crippen LogP contribution < -0.4 is 10.1 Å². The van der Waals surface area contributed by atoms with Crippen LogP contribution >= 0.6 is 23.2 Å². The Morgan fingerprint density at radius 1 is 1.44 bits per heavy atom. The molecule has 1 fully saturated rings. The van der Waals surface area contributed by atoms with E-state index in [0.717, 1.165) is 19.4 Å². The summed E-state index contributed by atoms with van der Waals surface area (Å²) in [5.74, 6) is 0.555. The summed E-state index contributed by atoms with van der Waals surface area (Å²) < 4.78 is 5.36. The highest BCUT2D eigenvalue weighted by molar-refractivity contribution is 6.34. The number of halogens is 2. The molecular formula is C13H17Cl2NO2. The van der Waals surface area contributed by atoms with Gasteiger partial charge in [0.05, 0.1) is 22.8 Å². The molecule has 2 unspecified atom stereocenters. The minimum atomic E-state index is -0.631. The third-order valence-electron chi connectivity index (χ3n) is 3.15. The SMILES string of the molecule is CCOc1cc(Cl)c(C(O)C2CCCN2)cc1Cl. The summed E-state index contributed by atoms with van der Waals surface area (Å²) in [5, 5.41) is 14.5. The van der Waals surface area contributed by atoms with Crippen LogP contribution in [0.2, 0.25) is 10.0 Å². The van der Waals surface area contributed by atoms with Crippen LogP contribution in [-0.4, -0.2) is 24.3 Å². The lowest BCUT2D eigenvalue weighted by molar-refractivity contribution is 0.137. The minimum Gasteiger partial charge on any atom is -0.492 e. The Kier molecular flexibility index (Phi) is 4.73. The molecule has 1 aliphatic rings. The first kappa shape index (κ1) is 13.9. The van der Waals surface area contributed by atoms with Crippen LogP contribution in [0.25, 0.3) is 0 Å². The molecule has 0 saturated carbocycles. The van der Waals surface area contributed by atoms with Crippen molar-refractivity contribution in [2.75, 3.05) is 13.2 Å². The van der Waals surface area contributed by atoms with Crippen LogP contribution in [0.3, 0.4) is 0 Å². The summed E-state index contributed by atoms with van der Waals surface area (Å²) in [6.45, 7) is 3.35. The van der Waals surface area contributed by atoms with Crippen molar-refractivity contribution in [1.29, 1.82) is 0 Å². The van der Waals surface area contributed by atoms with Gasteiger partial charge in [0.25, 0.3) is 0 Å². The molecule has 0 amide bonds. The molecule has 0 bridgehead atoms. The molecule has 1 aliphatic heterocycles. The molecule has 1 aromatic rings. The Bertz CT molecular complexity index is 420. The quantitative estimate of drug-likeness (QED) is 0.895. The van der Waals surface area contributed by atoms with Crippen LogP contribution in [0.15, 0.2) is 12.1 Å². The van der Waals surface area contributed by atoms with Gasteiger partial charge in [-0.3, -0.25) is 0 Å². The summed E-state index contributed by atoms with van der Waals surface area (Å²) in [6, 6.07) is 3.41. The normalized spacial score (nSPS) is 21.0. The number of hydrogen-bond donors (Lipinski definition) is 2. The van der Waals surface area contributed by atoms with Gasteiger partial charge in [0.1, 0.15) is 5.75 Å². The zero-order valence-corrected chi connectivity index (χ0v) is 11.8. The Morgan fingerprint density at radius 3 is 2.83 bits per heavy atom. The van der Waals surface area contributed by atoms with Gasteiger partial charge in [0, 0.05) is 17.7 Å². The van der Waals surface area contributed by atoms with E-state index in [0.29, 0.717) is 28.0 Å². The number of ether oxygens (including phenoxy) is 1. The van der Waals surface area contributed by atoms with Gasteiger partial charge in [-0.15, -0.1) is 0 Å². The highest BCUT2D eigenvalue weighted by atomic mass is 35.5. The molecule has 3 nitrogen and oxygen atoms in total. The first-order valence-electron chi connectivity index (χ1n) is 6.16. The average molecular weight is 290 g/mol. The maximum atomic E-state index is 10.3. The Hall–Kier alpha value is -0.480. The van der Waals surface area contributed by atoms with Crippen molar-refractivity contribution in [2.45, 2.75) is 31.9 Å². The van der Waals surface area contributed by atoms with Gasteiger partial charge in [-0.1, -0.05) is 23.2 Å². The van der Waals surface area contributed by atoms with E-state index in [1.807, 2.05) is 6.92 Å². The van der Waals surface area contributed by atoms with Gasteiger partial charge < -0.3 is 15.2 Å². The molecule has 0 spiro atoms. The van der Waals surface area contributed by atoms with Gasteiger partial charge >= 0.3 is 0 Å². The van der Waals surface area contributed by atoms with Gasteiger partial charge in [0.15, 0.2) is 0 Å². The lowest BCUT2D eigenvalue weighted by Crippen LogP contribution is -2.28. The van der Waals surface area contributed by atoms with Gasteiger partial charge in [-0.25, -0.2) is 0 Å². The first-order valence-corrected chi connectivity index (χ1v) is 6.92. The number of aliphatic hydroxyl groups is 1. The summed E-state index contributed by atoms with van der Waals surface area (Å²) in [7, 11) is 0. The molecule has 0 radical (unpaired) electrons. The molecule has 1 aromatic carbocycles. The second-order valence-electron chi connectivity index (χ2n) is 4.38. The van der Waals surface area contributed by atoms with E-state index in [4.69, 9.17) is 27.9 Å². The summed E-state index contributed by atoms with van der Waals surface area (Å²) in [4.78, 5) is 0. The first-order chi connectivity index (χ1) is 8.63. The van der Waals surface area contributed by atoms with Crippen LogP contribution in [0, 0.1) is 0 Å². The van der Waals surface area contributed by atoms with Crippen molar-refractivity contribution in [3.05, 3.63) is 27.7 Å². The van der Waals surface area contributed by atoms with E-state index in [1.165, 1.54) is 0 Å². The average Bonchev–Trinajstić information content (AvgIpc) is 2.86. The Labute approximate surface area is 117 Å². The largest absolute Gasteiger partial charge is 0.492 e. The topological polar surface area (TPSA) is 41.5 Å². The van der Waals surface area contributed by atoms with E-state index in [-0.39, 0.29) is 6.04 Å². The number of rotatable bonds is 4. The molecule has 2 rings (SSSR count). The fraction of sp³-hybridized carbons (Fsp3) is 0.538.